The fourth-order valence-corrected chi connectivity index (χ4v) is 2.31. The van der Waals surface area contributed by atoms with Gasteiger partial charge in [-0.3, -0.25) is 0 Å². The average Bonchev–Trinajstić information content (AvgIpc) is 2.96. The van der Waals surface area contributed by atoms with Crippen molar-refractivity contribution in [2.45, 2.75) is 51.4 Å². The molecule has 90 valence electrons. The van der Waals surface area contributed by atoms with Crippen LogP contribution in [0.3, 0.4) is 0 Å². The molecule has 2 rings (SSSR count). The molecule has 0 saturated heterocycles. The Labute approximate surface area is 102 Å². The van der Waals surface area contributed by atoms with Crippen molar-refractivity contribution in [1.29, 1.82) is 0 Å². The van der Waals surface area contributed by atoms with E-state index in [-0.39, 0.29) is 0 Å². The monoisotopic (exact) mass is 239 g/mol. The van der Waals surface area contributed by atoms with E-state index >= 15 is 0 Å². The third-order valence-electron chi connectivity index (χ3n) is 2.89. The standard InChI is InChI=1S/C13H21NOS/c1-11(4-2-8-14-12-6-7-12)15-10-13-5-3-9-16-13/h3,5,9,11-12,14H,2,4,6-8,10H2,1H3. The first-order chi connectivity index (χ1) is 7.84. The summed E-state index contributed by atoms with van der Waals surface area (Å²) in [6, 6.07) is 5.04. The predicted octanol–water partition coefficient (Wildman–Crippen LogP) is 3.19. The highest BCUT2D eigenvalue weighted by Crippen LogP contribution is 2.18. The number of nitrogens with one attached hydrogen (secondary N) is 1. The van der Waals surface area contributed by atoms with E-state index in [1.165, 1.54) is 24.1 Å². The van der Waals surface area contributed by atoms with E-state index in [1.54, 1.807) is 11.3 Å². The molecule has 0 amide bonds. The second-order valence-electron chi connectivity index (χ2n) is 4.57. The smallest absolute Gasteiger partial charge is 0.0812 e. The Kier molecular flexibility index (Phi) is 4.82. The number of hydrogen-bond donors (Lipinski definition) is 1. The van der Waals surface area contributed by atoms with Crippen LogP contribution >= 0.6 is 11.3 Å². The van der Waals surface area contributed by atoms with Gasteiger partial charge in [0.15, 0.2) is 0 Å². The molecule has 1 aliphatic carbocycles. The molecule has 1 aromatic rings. The maximum atomic E-state index is 5.79. The Bertz CT molecular complexity index is 282. The third kappa shape index (κ3) is 4.64. The minimum atomic E-state index is 0.378. The SMILES string of the molecule is CC(CCCNC1CC1)OCc1cccs1. The number of thiophene rings is 1. The summed E-state index contributed by atoms with van der Waals surface area (Å²) in [5.41, 5.74) is 0. The Hall–Kier alpha value is -0.380. The van der Waals surface area contributed by atoms with Gasteiger partial charge in [-0.2, -0.15) is 0 Å². The normalized spacial score (nSPS) is 17.6. The van der Waals surface area contributed by atoms with Gasteiger partial charge in [0, 0.05) is 10.9 Å². The van der Waals surface area contributed by atoms with Crippen LogP contribution in [0, 0.1) is 0 Å². The Morgan fingerprint density at radius 3 is 3.12 bits per heavy atom. The van der Waals surface area contributed by atoms with Crippen molar-refractivity contribution in [3.8, 4) is 0 Å². The zero-order valence-corrected chi connectivity index (χ0v) is 10.8. The van der Waals surface area contributed by atoms with Crippen LogP contribution in [0.5, 0.6) is 0 Å². The van der Waals surface area contributed by atoms with Crippen molar-refractivity contribution in [3.63, 3.8) is 0 Å². The van der Waals surface area contributed by atoms with Gasteiger partial charge in [0.2, 0.25) is 0 Å². The first-order valence-corrected chi connectivity index (χ1v) is 7.10. The Balaban J connectivity index is 1.48. The summed E-state index contributed by atoms with van der Waals surface area (Å²) in [7, 11) is 0. The second-order valence-corrected chi connectivity index (χ2v) is 5.60. The molecular weight excluding hydrogens is 218 g/mol. The number of ether oxygens (including phenoxy) is 1. The molecule has 1 aromatic heterocycles. The van der Waals surface area contributed by atoms with Crippen molar-refractivity contribution in [1.82, 2.24) is 5.32 Å². The summed E-state index contributed by atoms with van der Waals surface area (Å²) in [6.07, 6.45) is 5.52. The first kappa shape index (κ1) is 12.1. The minimum absolute atomic E-state index is 0.378. The largest absolute Gasteiger partial charge is 0.373 e. The zero-order valence-electron chi connectivity index (χ0n) is 9.95. The highest BCUT2D eigenvalue weighted by Gasteiger charge is 2.19. The fraction of sp³-hybridized carbons (Fsp3) is 0.692. The topological polar surface area (TPSA) is 21.3 Å². The number of rotatable bonds is 8. The lowest BCUT2D eigenvalue weighted by Crippen LogP contribution is -2.19. The highest BCUT2D eigenvalue weighted by molar-refractivity contribution is 7.09. The molecule has 1 heterocycles. The molecule has 0 aromatic carbocycles. The van der Waals surface area contributed by atoms with Gasteiger partial charge in [-0.05, 0) is 50.6 Å². The van der Waals surface area contributed by atoms with Gasteiger partial charge in [-0.15, -0.1) is 11.3 Å². The second kappa shape index (κ2) is 6.38. The lowest BCUT2D eigenvalue weighted by atomic mass is 10.2. The summed E-state index contributed by atoms with van der Waals surface area (Å²) in [6.45, 7) is 4.09. The van der Waals surface area contributed by atoms with Crippen LogP contribution in [-0.4, -0.2) is 18.7 Å². The molecule has 2 nitrogen and oxygen atoms in total. The molecule has 1 atom stereocenters. The predicted molar refractivity (Wildman–Crippen MR) is 68.8 cm³/mol. The summed E-state index contributed by atoms with van der Waals surface area (Å²) in [5.74, 6) is 0. The quantitative estimate of drug-likeness (QED) is 0.703. The lowest BCUT2D eigenvalue weighted by Gasteiger charge is -2.12. The Morgan fingerprint density at radius 2 is 2.44 bits per heavy atom. The van der Waals surface area contributed by atoms with E-state index in [1.807, 2.05) is 0 Å². The molecule has 0 bridgehead atoms. The van der Waals surface area contributed by atoms with Gasteiger partial charge >= 0.3 is 0 Å². The minimum Gasteiger partial charge on any atom is -0.373 e. The van der Waals surface area contributed by atoms with E-state index in [0.717, 1.165) is 25.6 Å². The number of hydrogen-bond acceptors (Lipinski definition) is 3. The van der Waals surface area contributed by atoms with Crippen LogP contribution in [0.25, 0.3) is 0 Å². The summed E-state index contributed by atoms with van der Waals surface area (Å²) >= 11 is 1.77. The average molecular weight is 239 g/mol. The van der Waals surface area contributed by atoms with Crippen molar-refractivity contribution in [3.05, 3.63) is 22.4 Å². The van der Waals surface area contributed by atoms with Crippen molar-refractivity contribution in [2.24, 2.45) is 0 Å². The molecule has 16 heavy (non-hydrogen) atoms. The van der Waals surface area contributed by atoms with Gasteiger partial charge in [0.25, 0.3) is 0 Å². The van der Waals surface area contributed by atoms with Crippen LogP contribution in [0.15, 0.2) is 17.5 Å². The van der Waals surface area contributed by atoms with E-state index in [2.05, 4.69) is 29.8 Å². The summed E-state index contributed by atoms with van der Waals surface area (Å²) in [5, 5.41) is 5.63. The molecule has 3 heteroatoms. The van der Waals surface area contributed by atoms with Crippen molar-refractivity contribution in [2.75, 3.05) is 6.54 Å². The Morgan fingerprint density at radius 1 is 1.56 bits per heavy atom. The molecule has 0 radical (unpaired) electrons. The molecule has 0 spiro atoms. The van der Waals surface area contributed by atoms with Gasteiger partial charge in [-0.1, -0.05) is 6.07 Å². The van der Waals surface area contributed by atoms with Crippen LogP contribution in [0.2, 0.25) is 0 Å². The molecule has 1 saturated carbocycles. The lowest BCUT2D eigenvalue weighted by molar-refractivity contribution is 0.0479. The van der Waals surface area contributed by atoms with Crippen molar-refractivity contribution < 1.29 is 4.74 Å². The van der Waals surface area contributed by atoms with E-state index in [0.29, 0.717) is 6.10 Å². The van der Waals surface area contributed by atoms with E-state index < -0.39 is 0 Å². The molecule has 0 aliphatic heterocycles. The fourth-order valence-electron chi connectivity index (χ4n) is 1.69. The van der Waals surface area contributed by atoms with Crippen LogP contribution < -0.4 is 5.32 Å². The maximum absolute atomic E-state index is 5.79. The molecule has 1 aliphatic rings. The van der Waals surface area contributed by atoms with Gasteiger partial charge in [0.05, 0.1) is 12.7 Å². The van der Waals surface area contributed by atoms with Crippen LogP contribution in [0.4, 0.5) is 0 Å². The molecule has 1 N–H and O–H groups in total. The van der Waals surface area contributed by atoms with Gasteiger partial charge < -0.3 is 10.1 Å². The van der Waals surface area contributed by atoms with Crippen LogP contribution in [-0.2, 0) is 11.3 Å². The van der Waals surface area contributed by atoms with Gasteiger partial charge in [-0.25, -0.2) is 0 Å². The molecule has 1 unspecified atom stereocenters. The molecular formula is C13H21NOS. The third-order valence-corrected chi connectivity index (χ3v) is 3.74. The maximum Gasteiger partial charge on any atom is 0.0812 e. The van der Waals surface area contributed by atoms with Gasteiger partial charge in [0.1, 0.15) is 0 Å². The summed E-state index contributed by atoms with van der Waals surface area (Å²) in [4.78, 5) is 1.32. The molecule has 1 fully saturated rings. The van der Waals surface area contributed by atoms with E-state index in [4.69, 9.17) is 4.74 Å². The summed E-state index contributed by atoms with van der Waals surface area (Å²) < 4.78 is 5.79. The highest BCUT2D eigenvalue weighted by atomic mass is 32.1. The van der Waals surface area contributed by atoms with Crippen molar-refractivity contribution >= 4 is 11.3 Å². The first-order valence-electron chi connectivity index (χ1n) is 6.22. The van der Waals surface area contributed by atoms with Crippen LogP contribution in [0.1, 0.15) is 37.5 Å². The van der Waals surface area contributed by atoms with E-state index in [9.17, 15) is 0 Å². The zero-order chi connectivity index (χ0) is 11.2.